The molecule has 15 heteroatoms. The molecule has 0 saturated carbocycles. The first-order valence-corrected chi connectivity index (χ1v) is 13.7. The number of nitrogens with one attached hydrogen (secondary N) is 2. The summed E-state index contributed by atoms with van der Waals surface area (Å²) in [5, 5.41) is 14.2. The molecule has 0 aliphatic heterocycles. The molecule has 2 N–H and O–H groups in total. The molecular weight excluding hydrogens is 626 g/mol. The third-order valence-corrected chi connectivity index (χ3v) is 7.32. The smallest absolute Gasteiger partial charge is 0.416 e. The highest BCUT2D eigenvalue weighted by Crippen LogP contribution is 2.34. The van der Waals surface area contributed by atoms with Gasteiger partial charge in [0.05, 0.1) is 52.0 Å². The Hall–Kier alpha value is -3.45. The number of hydrogen-bond donors (Lipinski definition) is 2. The van der Waals surface area contributed by atoms with Crippen molar-refractivity contribution < 1.29 is 27.5 Å². The quantitative estimate of drug-likeness (QED) is 0.192. The fourth-order valence-corrected chi connectivity index (χ4v) is 5.03. The number of anilines is 1. The van der Waals surface area contributed by atoms with Crippen molar-refractivity contribution in [1.29, 1.82) is 0 Å². The van der Waals surface area contributed by atoms with E-state index >= 15 is 0 Å². The molecule has 0 saturated heterocycles. The fraction of sp³-hybridized carbons (Fsp3) is 0.154. The third-order valence-electron chi connectivity index (χ3n) is 5.51. The van der Waals surface area contributed by atoms with E-state index in [2.05, 4.69) is 20.8 Å². The van der Waals surface area contributed by atoms with Crippen LogP contribution in [0.3, 0.4) is 0 Å². The summed E-state index contributed by atoms with van der Waals surface area (Å²) in [7, 11) is 1.48. The second-order valence-corrected chi connectivity index (χ2v) is 10.4. The van der Waals surface area contributed by atoms with Gasteiger partial charge in [-0.25, -0.2) is 0 Å². The Morgan fingerprint density at radius 3 is 2.46 bits per heavy atom. The number of aromatic nitrogens is 3. The van der Waals surface area contributed by atoms with Crippen LogP contribution in [0.25, 0.3) is 5.69 Å². The fourth-order valence-electron chi connectivity index (χ4n) is 3.61. The summed E-state index contributed by atoms with van der Waals surface area (Å²) in [4.78, 5) is 25.4. The molecule has 4 aromatic rings. The maximum atomic E-state index is 13.1. The first-order valence-electron chi connectivity index (χ1n) is 11.6. The van der Waals surface area contributed by atoms with Crippen molar-refractivity contribution in [2.75, 3.05) is 18.2 Å². The maximum absolute atomic E-state index is 13.1. The number of amides is 2. The number of benzene rings is 3. The van der Waals surface area contributed by atoms with E-state index in [-0.39, 0.29) is 38.8 Å². The predicted molar refractivity (Wildman–Crippen MR) is 151 cm³/mol. The lowest BCUT2D eigenvalue weighted by Crippen LogP contribution is -2.25. The molecule has 214 valence electrons. The molecule has 0 unspecified atom stereocenters. The Morgan fingerprint density at radius 2 is 1.76 bits per heavy atom. The molecule has 0 spiro atoms. The zero-order valence-corrected chi connectivity index (χ0v) is 24.0. The van der Waals surface area contributed by atoms with E-state index in [1.165, 1.54) is 25.3 Å². The summed E-state index contributed by atoms with van der Waals surface area (Å²) < 4.78 is 46.3. The minimum atomic E-state index is -4.60. The van der Waals surface area contributed by atoms with Crippen LogP contribution in [0, 0.1) is 0 Å². The van der Waals surface area contributed by atoms with E-state index in [4.69, 9.17) is 39.5 Å². The molecule has 0 aliphatic rings. The molecule has 0 fully saturated rings. The van der Waals surface area contributed by atoms with Crippen LogP contribution in [0.1, 0.15) is 21.7 Å². The van der Waals surface area contributed by atoms with Crippen LogP contribution in [0.15, 0.2) is 65.8 Å². The Balaban J connectivity index is 1.55. The number of thioether (sulfide) groups is 1. The van der Waals surface area contributed by atoms with Crippen molar-refractivity contribution in [3.63, 3.8) is 0 Å². The number of carbonyl (C=O) groups excluding carboxylic acids is 2. The third kappa shape index (κ3) is 7.45. The van der Waals surface area contributed by atoms with Gasteiger partial charge in [-0.2, -0.15) is 13.2 Å². The second kappa shape index (κ2) is 13.0. The van der Waals surface area contributed by atoms with Gasteiger partial charge in [0.2, 0.25) is 5.91 Å². The number of carbonyl (C=O) groups is 2. The monoisotopic (exact) mass is 643 g/mol. The molecule has 2 amide bonds. The summed E-state index contributed by atoms with van der Waals surface area (Å²) in [6.07, 6.45) is -4.60. The summed E-state index contributed by atoms with van der Waals surface area (Å²) in [6, 6.07) is 14.1. The van der Waals surface area contributed by atoms with Crippen LogP contribution in [0.4, 0.5) is 18.9 Å². The maximum Gasteiger partial charge on any atom is 0.416 e. The van der Waals surface area contributed by atoms with Gasteiger partial charge in [-0.1, -0.05) is 58.7 Å². The van der Waals surface area contributed by atoms with Crippen molar-refractivity contribution in [3.8, 4) is 11.4 Å². The molecule has 41 heavy (non-hydrogen) atoms. The number of alkyl halides is 3. The zero-order chi connectivity index (χ0) is 29.7. The van der Waals surface area contributed by atoms with Gasteiger partial charge in [0.1, 0.15) is 5.75 Å². The van der Waals surface area contributed by atoms with Gasteiger partial charge in [0.15, 0.2) is 11.0 Å². The molecule has 1 heterocycles. The number of halogens is 6. The van der Waals surface area contributed by atoms with Crippen LogP contribution < -0.4 is 15.4 Å². The lowest BCUT2D eigenvalue weighted by Gasteiger charge is -2.14. The van der Waals surface area contributed by atoms with Crippen LogP contribution in [0.2, 0.25) is 15.1 Å². The molecule has 1 aromatic heterocycles. The first-order chi connectivity index (χ1) is 19.5. The van der Waals surface area contributed by atoms with Crippen LogP contribution in [0.5, 0.6) is 5.75 Å². The van der Waals surface area contributed by atoms with E-state index in [0.29, 0.717) is 22.3 Å². The predicted octanol–water partition coefficient (Wildman–Crippen LogP) is 6.92. The normalized spacial score (nSPS) is 11.3. The zero-order valence-electron chi connectivity index (χ0n) is 20.9. The number of ether oxygens (including phenoxy) is 1. The van der Waals surface area contributed by atoms with E-state index in [1.54, 1.807) is 28.8 Å². The van der Waals surface area contributed by atoms with E-state index in [0.717, 1.165) is 30.0 Å². The second-order valence-electron chi connectivity index (χ2n) is 8.24. The highest BCUT2D eigenvalue weighted by Gasteiger charge is 2.31. The molecule has 0 aliphatic carbocycles. The molecule has 3 aromatic carbocycles. The van der Waals surface area contributed by atoms with Gasteiger partial charge in [0.25, 0.3) is 5.91 Å². The topological polar surface area (TPSA) is 98.1 Å². The average molecular weight is 645 g/mol. The molecule has 0 atom stereocenters. The van der Waals surface area contributed by atoms with Gasteiger partial charge in [-0.05, 0) is 48.5 Å². The Kier molecular flexibility index (Phi) is 9.69. The van der Waals surface area contributed by atoms with E-state index < -0.39 is 23.6 Å². The van der Waals surface area contributed by atoms with Gasteiger partial charge in [-0.15, -0.1) is 10.2 Å². The van der Waals surface area contributed by atoms with Gasteiger partial charge >= 0.3 is 6.18 Å². The van der Waals surface area contributed by atoms with Crippen LogP contribution in [-0.4, -0.2) is 39.4 Å². The van der Waals surface area contributed by atoms with Crippen molar-refractivity contribution in [3.05, 3.63) is 92.7 Å². The Bertz CT molecular complexity index is 1600. The van der Waals surface area contributed by atoms with Crippen LogP contribution >= 0.6 is 46.6 Å². The molecular formula is C26H19Cl3F3N5O3S. The number of hydrogen-bond acceptors (Lipinski definition) is 6. The van der Waals surface area contributed by atoms with Crippen molar-refractivity contribution in [2.45, 2.75) is 17.9 Å². The SMILES string of the molecule is COc1ccccc1-n1c(CNC(=O)c2ccc(Cl)cc2Cl)nnc1SCC(=O)Nc1cc(C(F)(F)F)ccc1Cl. The van der Waals surface area contributed by atoms with E-state index in [9.17, 15) is 22.8 Å². The number of rotatable bonds is 9. The number of para-hydroxylation sites is 2. The van der Waals surface area contributed by atoms with Gasteiger partial charge in [0, 0.05) is 5.02 Å². The first kappa shape index (κ1) is 30.5. The number of nitrogens with zero attached hydrogens (tertiary/aromatic N) is 3. The van der Waals surface area contributed by atoms with Crippen LogP contribution in [-0.2, 0) is 17.5 Å². The summed E-state index contributed by atoms with van der Waals surface area (Å²) in [5.41, 5.74) is -0.397. The van der Waals surface area contributed by atoms with Gasteiger partial charge in [-0.3, -0.25) is 14.2 Å². The molecule has 4 rings (SSSR count). The largest absolute Gasteiger partial charge is 0.495 e. The average Bonchev–Trinajstić information content (AvgIpc) is 3.33. The highest BCUT2D eigenvalue weighted by atomic mass is 35.5. The van der Waals surface area contributed by atoms with Gasteiger partial charge < -0.3 is 15.4 Å². The molecule has 0 bridgehead atoms. The minimum Gasteiger partial charge on any atom is -0.495 e. The standard InChI is InChI=1S/C26H19Cl3F3N5O3S/c1-40-21-5-3-2-4-20(21)37-22(12-33-24(39)16-8-7-15(27)11-18(16)29)35-36-25(37)41-13-23(38)34-19-10-14(26(30,31)32)6-9-17(19)28/h2-11H,12-13H2,1H3,(H,33,39)(H,34,38). The summed E-state index contributed by atoms with van der Waals surface area (Å²) in [6.45, 7) is -0.0740. The summed E-state index contributed by atoms with van der Waals surface area (Å²) in [5.74, 6) is -0.586. The highest BCUT2D eigenvalue weighted by molar-refractivity contribution is 7.99. The minimum absolute atomic E-state index is 0.0487. The van der Waals surface area contributed by atoms with Crippen molar-refractivity contribution in [1.82, 2.24) is 20.1 Å². The lowest BCUT2D eigenvalue weighted by atomic mass is 10.2. The Morgan fingerprint density at radius 1 is 1.00 bits per heavy atom. The van der Waals surface area contributed by atoms with E-state index in [1.807, 2.05) is 0 Å². The number of methoxy groups -OCH3 is 1. The molecule has 8 nitrogen and oxygen atoms in total. The molecule has 0 radical (unpaired) electrons. The summed E-state index contributed by atoms with van der Waals surface area (Å²) >= 11 is 19.0. The van der Waals surface area contributed by atoms with Crippen molar-refractivity contribution in [2.24, 2.45) is 0 Å². The Labute approximate surface area is 251 Å². The van der Waals surface area contributed by atoms with Crippen molar-refractivity contribution >= 4 is 64.1 Å². The lowest BCUT2D eigenvalue weighted by molar-refractivity contribution is -0.137.